The van der Waals surface area contributed by atoms with Gasteiger partial charge in [0.15, 0.2) is 0 Å². The summed E-state index contributed by atoms with van der Waals surface area (Å²) in [6, 6.07) is 3.64. The third-order valence-corrected chi connectivity index (χ3v) is 7.35. The van der Waals surface area contributed by atoms with Crippen LogP contribution in [0.25, 0.3) is 11.4 Å². The number of pyridine rings is 1. The van der Waals surface area contributed by atoms with Gasteiger partial charge < -0.3 is 19.5 Å². The minimum atomic E-state index is -0.761. The number of amides is 1. The quantitative estimate of drug-likeness (QED) is 0.563. The van der Waals surface area contributed by atoms with Crippen LogP contribution in [0.15, 0.2) is 12.1 Å². The van der Waals surface area contributed by atoms with Crippen LogP contribution in [0.1, 0.15) is 69.7 Å². The lowest BCUT2D eigenvalue weighted by Crippen LogP contribution is -2.39. The van der Waals surface area contributed by atoms with E-state index in [1.165, 1.54) is 0 Å². The standard InChI is InChI=1S/C25H35N5O5/c1-5-11-25(12-13-25)29(3)24(33)34-15-20-22(27-28-30(20)4)19-9-10-21(16(2)26-19)35-18-8-6-7-17(14-18)23(31)32/h9-10,17-18H,5-8,11-15H2,1-4H3,(H,31,32)/t17-,18-/m0/s1. The largest absolute Gasteiger partial charge is 0.489 e. The molecule has 35 heavy (non-hydrogen) atoms. The summed E-state index contributed by atoms with van der Waals surface area (Å²) in [5.74, 6) is -0.487. The summed E-state index contributed by atoms with van der Waals surface area (Å²) in [4.78, 5) is 30.4. The molecule has 4 rings (SSSR count). The third kappa shape index (κ3) is 5.41. The number of hydrogen-bond donors (Lipinski definition) is 1. The minimum absolute atomic E-state index is 0.0435. The van der Waals surface area contributed by atoms with E-state index in [1.54, 1.807) is 16.6 Å². The van der Waals surface area contributed by atoms with Gasteiger partial charge >= 0.3 is 12.1 Å². The van der Waals surface area contributed by atoms with Gasteiger partial charge in [0.1, 0.15) is 23.7 Å². The van der Waals surface area contributed by atoms with Gasteiger partial charge in [0.25, 0.3) is 0 Å². The van der Waals surface area contributed by atoms with E-state index in [-0.39, 0.29) is 30.3 Å². The average Bonchev–Trinajstić information content (AvgIpc) is 3.53. The molecule has 0 aromatic carbocycles. The fourth-order valence-electron chi connectivity index (χ4n) is 4.98. The zero-order valence-corrected chi connectivity index (χ0v) is 21.0. The van der Waals surface area contributed by atoms with Gasteiger partial charge in [-0.25, -0.2) is 14.5 Å². The van der Waals surface area contributed by atoms with Gasteiger partial charge in [-0.15, -0.1) is 5.10 Å². The van der Waals surface area contributed by atoms with Crippen molar-refractivity contribution in [2.75, 3.05) is 7.05 Å². The lowest BCUT2D eigenvalue weighted by molar-refractivity contribution is -0.143. The highest BCUT2D eigenvalue weighted by Crippen LogP contribution is 2.45. The number of carboxylic acids is 1. The van der Waals surface area contributed by atoms with Crippen LogP contribution in [-0.4, -0.2) is 60.7 Å². The number of aromatic nitrogens is 4. The van der Waals surface area contributed by atoms with Gasteiger partial charge in [0, 0.05) is 19.6 Å². The van der Waals surface area contributed by atoms with Gasteiger partial charge in [-0.05, 0) is 64.0 Å². The first-order chi connectivity index (χ1) is 16.7. The Morgan fingerprint density at radius 1 is 1.29 bits per heavy atom. The van der Waals surface area contributed by atoms with Crippen molar-refractivity contribution in [3.05, 3.63) is 23.5 Å². The van der Waals surface area contributed by atoms with Crippen LogP contribution in [-0.2, 0) is 23.2 Å². The first-order valence-corrected chi connectivity index (χ1v) is 12.4. The lowest BCUT2D eigenvalue weighted by atomic mass is 9.87. The molecule has 1 amide bonds. The van der Waals surface area contributed by atoms with Crippen molar-refractivity contribution in [1.29, 1.82) is 0 Å². The number of aliphatic carboxylic acids is 1. The molecule has 1 N–H and O–H groups in total. The van der Waals surface area contributed by atoms with Crippen LogP contribution in [0.4, 0.5) is 4.79 Å². The second kappa shape index (κ2) is 10.2. The van der Waals surface area contributed by atoms with Crippen LogP contribution in [0.5, 0.6) is 5.75 Å². The van der Waals surface area contributed by atoms with Crippen molar-refractivity contribution in [2.24, 2.45) is 13.0 Å². The molecular formula is C25H35N5O5. The summed E-state index contributed by atoms with van der Waals surface area (Å²) in [6.45, 7) is 4.02. The van der Waals surface area contributed by atoms with E-state index in [0.717, 1.165) is 38.5 Å². The van der Waals surface area contributed by atoms with E-state index in [9.17, 15) is 14.7 Å². The molecule has 190 valence electrons. The highest BCUT2D eigenvalue weighted by atomic mass is 16.6. The van der Waals surface area contributed by atoms with Gasteiger partial charge in [0.05, 0.1) is 23.4 Å². The normalized spacial score (nSPS) is 20.8. The molecule has 0 unspecified atom stereocenters. The number of hydrogen-bond acceptors (Lipinski definition) is 7. The fraction of sp³-hybridized carbons (Fsp3) is 0.640. The second-order valence-electron chi connectivity index (χ2n) is 9.82. The summed E-state index contributed by atoms with van der Waals surface area (Å²) < 4.78 is 13.3. The molecule has 2 saturated carbocycles. The molecular weight excluding hydrogens is 450 g/mol. The van der Waals surface area contributed by atoms with Gasteiger partial charge in [0.2, 0.25) is 0 Å². The van der Waals surface area contributed by atoms with Crippen molar-refractivity contribution >= 4 is 12.1 Å². The summed E-state index contributed by atoms with van der Waals surface area (Å²) in [7, 11) is 3.57. The molecule has 10 nitrogen and oxygen atoms in total. The SMILES string of the molecule is CCCC1(N(C)C(=O)OCc2c(-c3ccc(O[C@H]4CCC[C@H](C(=O)O)C4)c(C)n3)nnn2C)CC1. The van der Waals surface area contributed by atoms with Crippen molar-refractivity contribution in [3.8, 4) is 17.1 Å². The van der Waals surface area contributed by atoms with Crippen molar-refractivity contribution < 1.29 is 24.2 Å². The molecule has 0 aliphatic heterocycles. The number of aryl methyl sites for hydroxylation is 2. The Labute approximate surface area is 205 Å². The molecule has 2 heterocycles. The summed E-state index contributed by atoms with van der Waals surface area (Å²) >= 11 is 0. The van der Waals surface area contributed by atoms with Gasteiger partial charge in [-0.1, -0.05) is 18.6 Å². The first kappa shape index (κ1) is 24.9. The molecule has 0 bridgehead atoms. The summed E-state index contributed by atoms with van der Waals surface area (Å²) in [5, 5.41) is 17.7. The second-order valence-corrected chi connectivity index (χ2v) is 9.82. The predicted molar refractivity (Wildman–Crippen MR) is 128 cm³/mol. The molecule has 2 aliphatic rings. The van der Waals surface area contributed by atoms with Crippen molar-refractivity contribution in [1.82, 2.24) is 24.9 Å². The highest BCUT2D eigenvalue weighted by Gasteiger charge is 2.48. The Morgan fingerprint density at radius 3 is 2.71 bits per heavy atom. The van der Waals surface area contributed by atoms with Crippen LogP contribution in [0.2, 0.25) is 0 Å². The van der Waals surface area contributed by atoms with E-state index >= 15 is 0 Å². The monoisotopic (exact) mass is 485 g/mol. The Kier molecular flexibility index (Phi) is 7.28. The van der Waals surface area contributed by atoms with Crippen LogP contribution in [0.3, 0.4) is 0 Å². The molecule has 0 saturated heterocycles. The van der Waals surface area contributed by atoms with Crippen molar-refractivity contribution in [2.45, 2.75) is 83.5 Å². The van der Waals surface area contributed by atoms with Gasteiger partial charge in [-0.2, -0.15) is 0 Å². The number of carboxylic acid groups (broad SMARTS) is 1. The molecule has 0 spiro atoms. The van der Waals surface area contributed by atoms with Crippen LogP contribution >= 0.6 is 0 Å². The van der Waals surface area contributed by atoms with Crippen LogP contribution < -0.4 is 4.74 Å². The number of nitrogens with zero attached hydrogens (tertiary/aromatic N) is 5. The Bertz CT molecular complexity index is 1080. The lowest BCUT2D eigenvalue weighted by Gasteiger charge is -2.27. The minimum Gasteiger partial charge on any atom is -0.489 e. The molecule has 2 aromatic heterocycles. The molecule has 2 aromatic rings. The van der Waals surface area contributed by atoms with E-state index in [2.05, 4.69) is 22.2 Å². The predicted octanol–water partition coefficient (Wildman–Crippen LogP) is 4.11. The molecule has 2 fully saturated rings. The van der Waals surface area contributed by atoms with E-state index in [1.807, 2.05) is 26.1 Å². The topological polar surface area (TPSA) is 120 Å². The van der Waals surface area contributed by atoms with E-state index in [4.69, 9.17) is 9.47 Å². The smallest absolute Gasteiger partial charge is 0.410 e. The average molecular weight is 486 g/mol. The Morgan fingerprint density at radius 2 is 2.06 bits per heavy atom. The van der Waals surface area contributed by atoms with E-state index in [0.29, 0.717) is 41.4 Å². The van der Waals surface area contributed by atoms with Gasteiger partial charge in [-0.3, -0.25) is 4.79 Å². The van der Waals surface area contributed by atoms with Crippen LogP contribution in [0, 0.1) is 12.8 Å². The fourth-order valence-corrected chi connectivity index (χ4v) is 4.98. The number of ether oxygens (including phenoxy) is 2. The summed E-state index contributed by atoms with van der Waals surface area (Å²) in [5.41, 5.74) is 2.44. The molecule has 2 aliphatic carbocycles. The highest BCUT2D eigenvalue weighted by molar-refractivity contribution is 5.70. The number of rotatable bonds is 9. The Balaban J connectivity index is 1.43. The maximum Gasteiger partial charge on any atom is 0.410 e. The molecule has 10 heteroatoms. The van der Waals surface area contributed by atoms with Crippen molar-refractivity contribution in [3.63, 3.8) is 0 Å². The zero-order chi connectivity index (χ0) is 25.2. The maximum atomic E-state index is 12.7. The summed E-state index contributed by atoms with van der Waals surface area (Å²) in [6.07, 6.45) is 6.42. The van der Waals surface area contributed by atoms with E-state index < -0.39 is 5.97 Å². The molecule has 2 atom stereocenters. The third-order valence-electron chi connectivity index (χ3n) is 7.35. The number of carbonyl (C=O) groups excluding carboxylic acids is 1. The zero-order valence-electron chi connectivity index (χ0n) is 21.0. The maximum absolute atomic E-state index is 12.7. The molecule has 0 radical (unpaired) electrons. The number of carbonyl (C=O) groups is 2. The Hall–Kier alpha value is -3.17. The first-order valence-electron chi connectivity index (χ1n) is 12.4.